The summed E-state index contributed by atoms with van der Waals surface area (Å²) in [6.07, 6.45) is -0.555. The first-order valence-corrected chi connectivity index (χ1v) is 42.8. The average Bonchev–Trinajstić information content (AvgIpc) is 3.28. The van der Waals surface area contributed by atoms with Crippen LogP contribution in [0, 0.1) is 41.5 Å². The van der Waals surface area contributed by atoms with Crippen LogP contribution in [0.3, 0.4) is 0 Å². The van der Waals surface area contributed by atoms with E-state index in [1.807, 2.05) is 96.1 Å². The molecule has 2 atom stereocenters. The van der Waals surface area contributed by atoms with Crippen LogP contribution >= 0.6 is 0 Å². The van der Waals surface area contributed by atoms with Gasteiger partial charge in [-0.1, -0.05) is 37.4 Å². The van der Waals surface area contributed by atoms with Gasteiger partial charge in [0.2, 0.25) is 0 Å². The van der Waals surface area contributed by atoms with Gasteiger partial charge in [0.05, 0.1) is 38.5 Å². The SMILES string of the molecule is C=C(C(=O)OCC)[C@@H](Nc1cc(C)c(C)c(OC)c1)c1ccc(C)c(NC(=O)OC(C)(C)C)c1.C=C1C(=O)N(c2cc(C)c(C)c(OC)c2)C1c1ccc(C)c(N)c1.C[Si](C)(C)[N]([Sn][N]([Si](C)(C)C)[Si](C)(C)C)[Si](C)(C)C. The van der Waals surface area contributed by atoms with Gasteiger partial charge in [0, 0.05) is 40.5 Å². The van der Waals surface area contributed by atoms with Crippen molar-refractivity contribution in [2.24, 2.45) is 0 Å². The molecule has 2 radical (unpaired) electrons. The van der Waals surface area contributed by atoms with Crippen molar-refractivity contribution >= 4 is 95.3 Å². The molecule has 1 aliphatic rings. The Bertz CT molecular complexity index is 2730. The number of aryl methyl sites for hydroxylation is 4. The third kappa shape index (κ3) is 18.2. The van der Waals surface area contributed by atoms with Crippen LogP contribution in [-0.4, -0.2) is 104 Å². The molecule has 1 heterocycles. The van der Waals surface area contributed by atoms with Gasteiger partial charge in [0.15, 0.2) is 0 Å². The Hall–Kier alpha value is -4.64. The number of nitrogen functional groups attached to an aromatic ring is 1. The zero-order valence-corrected chi connectivity index (χ0v) is 58.2. The summed E-state index contributed by atoms with van der Waals surface area (Å²) in [5, 5.41) is 6.19. The van der Waals surface area contributed by atoms with E-state index in [9.17, 15) is 14.4 Å². The molecule has 77 heavy (non-hydrogen) atoms. The van der Waals surface area contributed by atoms with Crippen LogP contribution < -0.4 is 30.7 Å². The van der Waals surface area contributed by atoms with E-state index < -0.39 is 78.3 Å². The molecule has 0 aromatic heterocycles. The molecule has 422 valence electrons. The average molecular weight is 1230 g/mol. The van der Waals surface area contributed by atoms with Crippen molar-refractivity contribution < 1.29 is 33.3 Å². The van der Waals surface area contributed by atoms with Gasteiger partial charge in [0.25, 0.3) is 5.91 Å². The molecule has 0 aliphatic carbocycles. The molecule has 13 nitrogen and oxygen atoms in total. The number of amides is 2. The van der Waals surface area contributed by atoms with E-state index in [0.717, 1.165) is 73.1 Å². The molecular formula is C59H94N6O7Si4Sn. The van der Waals surface area contributed by atoms with Crippen molar-refractivity contribution in [3.63, 3.8) is 0 Å². The van der Waals surface area contributed by atoms with E-state index in [0.29, 0.717) is 11.3 Å². The Labute approximate surface area is 479 Å². The third-order valence-corrected chi connectivity index (χ3v) is 53.2. The van der Waals surface area contributed by atoms with E-state index in [2.05, 4.69) is 107 Å². The molecule has 1 unspecified atom stereocenters. The number of nitrogens with two attached hydrogens (primary N) is 1. The molecule has 0 saturated carbocycles. The van der Waals surface area contributed by atoms with Crippen molar-refractivity contribution in [3.8, 4) is 11.5 Å². The van der Waals surface area contributed by atoms with Crippen LogP contribution in [0.4, 0.5) is 27.5 Å². The fourth-order valence-corrected chi connectivity index (χ4v) is 42.7. The van der Waals surface area contributed by atoms with Gasteiger partial charge in [-0.25, -0.2) is 9.59 Å². The molecule has 4 aromatic rings. The normalized spacial score (nSPS) is 14.4. The van der Waals surface area contributed by atoms with Crippen LogP contribution in [0.15, 0.2) is 85.0 Å². The first kappa shape index (κ1) is 66.6. The van der Waals surface area contributed by atoms with Crippen molar-refractivity contribution in [1.29, 1.82) is 0 Å². The number of esters is 1. The van der Waals surface area contributed by atoms with Crippen LogP contribution in [0.2, 0.25) is 78.6 Å². The number of nitrogens with zero attached hydrogens (tertiary/aromatic N) is 3. The monoisotopic (exact) mass is 1230 g/mol. The van der Waals surface area contributed by atoms with Crippen LogP contribution in [0.1, 0.15) is 84.3 Å². The van der Waals surface area contributed by atoms with E-state index in [4.69, 9.17) is 24.7 Å². The van der Waals surface area contributed by atoms with Crippen molar-refractivity contribution in [2.75, 3.05) is 42.1 Å². The first-order valence-electron chi connectivity index (χ1n) is 26.5. The topological polar surface area (TPSA) is 148 Å². The number of ether oxygens (including phenoxy) is 4. The maximum atomic E-state index is 12.6. The quantitative estimate of drug-likeness (QED) is 0.0305. The third-order valence-electron chi connectivity index (χ3n) is 13.0. The van der Waals surface area contributed by atoms with Crippen molar-refractivity contribution in [2.45, 2.75) is 165 Å². The molecule has 4 aromatic carbocycles. The maximum absolute atomic E-state index is 12.6. The predicted molar refractivity (Wildman–Crippen MR) is 336 cm³/mol. The number of rotatable bonds is 17. The minimum atomic E-state index is -1.17. The van der Waals surface area contributed by atoms with E-state index in [1.165, 1.54) is 0 Å². The number of nitrogens with one attached hydrogen (secondary N) is 2. The molecule has 1 fully saturated rings. The fourth-order valence-electron chi connectivity index (χ4n) is 9.17. The Balaban J connectivity index is 0.000000319. The number of benzene rings is 4. The molecule has 1 saturated heterocycles. The number of β-lactam (4-membered cyclic amide) rings is 1. The Kier molecular flexibility index (Phi) is 23.0. The Morgan fingerprint density at radius 2 is 1.22 bits per heavy atom. The minimum absolute atomic E-state index is 0.0653. The number of hydrogen-bond donors (Lipinski definition) is 3. The number of carbonyl (C=O) groups excluding carboxylic acids is 3. The number of hydrogen-bond acceptors (Lipinski definition) is 11. The van der Waals surface area contributed by atoms with Gasteiger partial charge in [-0.3, -0.25) is 15.0 Å². The molecule has 1 aliphatic heterocycles. The summed E-state index contributed by atoms with van der Waals surface area (Å²) in [5.74, 6) is 0.944. The summed E-state index contributed by atoms with van der Waals surface area (Å²) < 4.78 is 27.8. The standard InChI is InChI=1S/C27H36N2O5.C20H22N2O2.2C6H18NSi2.Sn/c1-10-33-25(30)19(5)24(28-21-13-17(3)18(4)23(15-21)32-9)20-12-11-16(2)22(14-20)29-26(31)34-27(6,7)8;1-11-6-7-15(9-17(11)21)19-14(4)20(23)22(19)16-8-12(2)13(3)18(10-16)24-5;2*1-8(2,3)7-9(4,5)6;/h11-15,24,28H,5,10H2,1-4,6-9H3,(H,29,31);6-10,19H,4,21H2,1-3,5H3;2*1-6H3;/q;;2*-1;+2/t24-;;;;/m1..../s1. The molecule has 4 N–H and O–H groups in total. The summed E-state index contributed by atoms with van der Waals surface area (Å²) in [5.41, 5.74) is 16.9. The van der Waals surface area contributed by atoms with E-state index in [1.54, 1.807) is 52.9 Å². The molecule has 0 spiro atoms. The fraction of sp³-hybridized carbons (Fsp3) is 0.475. The number of anilines is 4. The number of carbonyl (C=O) groups is 3. The van der Waals surface area contributed by atoms with Crippen molar-refractivity contribution in [3.05, 3.63) is 129 Å². The first-order chi connectivity index (χ1) is 35.2. The molecule has 5 rings (SSSR count). The van der Waals surface area contributed by atoms with Crippen LogP contribution in [-0.2, 0) is 19.1 Å². The van der Waals surface area contributed by atoms with Gasteiger partial charge >= 0.3 is 150 Å². The van der Waals surface area contributed by atoms with Gasteiger partial charge in [-0.2, -0.15) is 0 Å². The van der Waals surface area contributed by atoms with E-state index >= 15 is 0 Å². The Morgan fingerprint density at radius 3 is 1.69 bits per heavy atom. The number of methoxy groups -OCH3 is 2. The van der Waals surface area contributed by atoms with Crippen LogP contribution in [0.25, 0.3) is 0 Å². The zero-order valence-electron chi connectivity index (χ0n) is 51.3. The van der Waals surface area contributed by atoms with Gasteiger partial charge in [-0.05, 0) is 138 Å². The van der Waals surface area contributed by atoms with Crippen LogP contribution in [0.5, 0.6) is 11.5 Å². The van der Waals surface area contributed by atoms with Gasteiger partial charge in [0.1, 0.15) is 17.1 Å². The predicted octanol–water partition coefficient (Wildman–Crippen LogP) is 14.6. The molecule has 0 bridgehead atoms. The molecule has 2 amide bonds. The van der Waals surface area contributed by atoms with Gasteiger partial charge < -0.3 is 30.0 Å². The Morgan fingerprint density at radius 1 is 0.727 bits per heavy atom. The summed E-state index contributed by atoms with van der Waals surface area (Å²) >= 11 is -0.599. The second-order valence-corrected chi connectivity index (χ2v) is 53.2. The van der Waals surface area contributed by atoms with Crippen molar-refractivity contribution in [1.82, 2.24) is 4.91 Å². The summed E-state index contributed by atoms with van der Waals surface area (Å²) in [7, 11) is -1.42. The zero-order chi connectivity index (χ0) is 59.1. The summed E-state index contributed by atoms with van der Waals surface area (Å²) in [6, 6.07) is 18.4. The summed E-state index contributed by atoms with van der Waals surface area (Å²) in [4.78, 5) is 39.2. The van der Waals surface area contributed by atoms with Gasteiger partial charge in [-0.15, -0.1) is 0 Å². The van der Waals surface area contributed by atoms with E-state index in [-0.39, 0.29) is 24.1 Å². The molecule has 18 heteroatoms. The summed E-state index contributed by atoms with van der Waals surface area (Å²) in [6.45, 7) is 57.8. The second kappa shape index (κ2) is 26.5. The molecular weight excluding hydrogens is 1140 g/mol. The second-order valence-electron chi connectivity index (χ2n) is 24.9.